The number of nitrogens with one attached hydrogen (secondary N) is 1. The van der Waals surface area contributed by atoms with Gasteiger partial charge in [-0.2, -0.15) is 0 Å². The molecule has 0 aromatic heterocycles. The number of carbonyl (C=O) groups excluding carboxylic acids is 1. The number of rotatable bonds is 6. The molecule has 0 heterocycles. The maximum Gasteiger partial charge on any atom is 0.250 e. The fourth-order valence-corrected chi connectivity index (χ4v) is 1.51. The van der Waals surface area contributed by atoms with Gasteiger partial charge in [0, 0.05) is 17.3 Å². The van der Waals surface area contributed by atoms with E-state index >= 15 is 0 Å². The highest BCUT2D eigenvalue weighted by Gasteiger charge is 2.04. The molecule has 1 aromatic carbocycles. The largest absolute Gasteiger partial charge is 0.382 e. The molecule has 0 radical (unpaired) electrons. The van der Waals surface area contributed by atoms with Crippen LogP contribution in [0.1, 0.15) is 0 Å². The van der Waals surface area contributed by atoms with Crippen LogP contribution in [-0.4, -0.2) is 32.8 Å². The lowest BCUT2D eigenvalue weighted by atomic mass is 10.3. The molecule has 1 aromatic rings. The predicted octanol–water partition coefficient (Wildman–Crippen LogP) is 2.70. The summed E-state index contributed by atoms with van der Waals surface area (Å²) in [6, 6.07) is 5.19. The van der Waals surface area contributed by atoms with E-state index in [0.717, 1.165) is 4.47 Å². The number of methoxy groups -OCH3 is 1. The molecule has 1 amide bonds. The Hall–Kier alpha value is -0.620. The second kappa shape index (κ2) is 7.66. The van der Waals surface area contributed by atoms with Gasteiger partial charge in [-0.1, -0.05) is 11.6 Å². The molecule has 0 saturated carbocycles. The van der Waals surface area contributed by atoms with Crippen molar-refractivity contribution in [3.05, 3.63) is 27.7 Å². The summed E-state index contributed by atoms with van der Waals surface area (Å²) in [6.45, 7) is 0.861. The van der Waals surface area contributed by atoms with Gasteiger partial charge >= 0.3 is 0 Å². The van der Waals surface area contributed by atoms with Crippen molar-refractivity contribution in [3.63, 3.8) is 0 Å². The maximum atomic E-state index is 11.4. The summed E-state index contributed by atoms with van der Waals surface area (Å²) in [6.07, 6.45) is 0. The minimum absolute atomic E-state index is 0.00293. The molecule has 0 aliphatic heterocycles. The fourth-order valence-electron chi connectivity index (χ4n) is 1.08. The van der Waals surface area contributed by atoms with Gasteiger partial charge in [0.15, 0.2) is 0 Å². The second-order valence-electron chi connectivity index (χ2n) is 3.22. The van der Waals surface area contributed by atoms with E-state index in [1.165, 1.54) is 0 Å². The molecule has 0 unspecified atom stereocenters. The molecule has 0 spiro atoms. The zero-order valence-electron chi connectivity index (χ0n) is 9.33. The monoisotopic (exact) mass is 321 g/mol. The summed E-state index contributed by atoms with van der Waals surface area (Å²) in [5.74, 6) is -0.223. The maximum absolute atomic E-state index is 11.4. The lowest BCUT2D eigenvalue weighted by molar-refractivity contribution is -0.121. The Balaban J connectivity index is 2.37. The van der Waals surface area contributed by atoms with Crippen molar-refractivity contribution in [1.82, 2.24) is 0 Å². The van der Waals surface area contributed by atoms with Crippen LogP contribution >= 0.6 is 27.5 Å². The van der Waals surface area contributed by atoms with Gasteiger partial charge in [0.25, 0.3) is 0 Å². The lowest BCUT2D eigenvalue weighted by Crippen LogP contribution is -2.19. The third-order valence-electron chi connectivity index (χ3n) is 1.87. The fraction of sp³-hybridized carbons (Fsp3) is 0.364. The number of ether oxygens (including phenoxy) is 2. The Morgan fingerprint density at radius 3 is 2.88 bits per heavy atom. The van der Waals surface area contributed by atoms with E-state index in [4.69, 9.17) is 21.1 Å². The van der Waals surface area contributed by atoms with E-state index in [0.29, 0.717) is 23.9 Å². The highest BCUT2D eigenvalue weighted by Crippen LogP contribution is 2.25. The number of amides is 1. The topological polar surface area (TPSA) is 47.6 Å². The van der Waals surface area contributed by atoms with Gasteiger partial charge in [0.05, 0.1) is 18.2 Å². The van der Waals surface area contributed by atoms with Gasteiger partial charge in [0.2, 0.25) is 5.91 Å². The first-order chi connectivity index (χ1) is 8.13. The molecule has 6 heteroatoms. The van der Waals surface area contributed by atoms with Crippen LogP contribution in [0.3, 0.4) is 0 Å². The zero-order valence-corrected chi connectivity index (χ0v) is 11.7. The summed E-state index contributed by atoms with van der Waals surface area (Å²) < 4.78 is 10.7. The molecule has 0 aliphatic carbocycles. The highest BCUT2D eigenvalue weighted by molar-refractivity contribution is 9.10. The Morgan fingerprint density at radius 2 is 2.24 bits per heavy atom. The van der Waals surface area contributed by atoms with Crippen LogP contribution in [0.4, 0.5) is 5.69 Å². The van der Waals surface area contributed by atoms with Crippen molar-refractivity contribution in [3.8, 4) is 0 Å². The minimum atomic E-state index is -0.223. The molecule has 0 aliphatic rings. The molecule has 17 heavy (non-hydrogen) atoms. The van der Waals surface area contributed by atoms with Crippen LogP contribution in [0.5, 0.6) is 0 Å². The third-order valence-corrected chi connectivity index (χ3v) is 3.10. The van der Waals surface area contributed by atoms with E-state index in [1.807, 2.05) is 0 Å². The van der Waals surface area contributed by atoms with Gasteiger partial charge < -0.3 is 14.8 Å². The molecule has 0 fully saturated rings. The Labute approximate surface area is 113 Å². The summed E-state index contributed by atoms with van der Waals surface area (Å²) in [4.78, 5) is 11.4. The van der Waals surface area contributed by atoms with Gasteiger partial charge in [-0.3, -0.25) is 4.79 Å². The zero-order chi connectivity index (χ0) is 12.7. The average molecular weight is 323 g/mol. The van der Waals surface area contributed by atoms with Gasteiger partial charge in [0.1, 0.15) is 6.61 Å². The van der Waals surface area contributed by atoms with Gasteiger partial charge in [-0.25, -0.2) is 0 Å². The van der Waals surface area contributed by atoms with Gasteiger partial charge in [-0.05, 0) is 34.1 Å². The first kappa shape index (κ1) is 14.4. The molecule has 4 nitrogen and oxygen atoms in total. The number of halogens is 2. The summed E-state index contributed by atoms with van der Waals surface area (Å²) in [5, 5.41) is 3.22. The van der Waals surface area contributed by atoms with Crippen LogP contribution in [0.15, 0.2) is 22.7 Å². The summed E-state index contributed by atoms with van der Waals surface area (Å²) in [7, 11) is 1.58. The SMILES string of the molecule is COCCOCC(=O)Nc1ccc(Br)c(Cl)c1. The lowest BCUT2D eigenvalue weighted by Gasteiger charge is -2.07. The van der Waals surface area contributed by atoms with Crippen molar-refractivity contribution < 1.29 is 14.3 Å². The van der Waals surface area contributed by atoms with Crippen molar-refractivity contribution in [1.29, 1.82) is 0 Å². The van der Waals surface area contributed by atoms with Crippen LogP contribution in [0, 0.1) is 0 Å². The normalized spacial score (nSPS) is 10.3. The number of anilines is 1. The minimum Gasteiger partial charge on any atom is -0.382 e. The Morgan fingerprint density at radius 1 is 1.47 bits per heavy atom. The van der Waals surface area contributed by atoms with Crippen molar-refractivity contribution in [2.24, 2.45) is 0 Å². The van der Waals surface area contributed by atoms with E-state index in [2.05, 4.69) is 21.2 Å². The number of benzene rings is 1. The van der Waals surface area contributed by atoms with Crippen LogP contribution in [0.2, 0.25) is 5.02 Å². The van der Waals surface area contributed by atoms with Gasteiger partial charge in [-0.15, -0.1) is 0 Å². The molecule has 0 saturated heterocycles. The Kier molecular flexibility index (Phi) is 6.50. The number of carbonyl (C=O) groups is 1. The standard InChI is InChI=1S/C11H13BrClNO3/c1-16-4-5-17-7-11(15)14-8-2-3-9(12)10(13)6-8/h2-3,6H,4-5,7H2,1H3,(H,14,15). The molecular weight excluding hydrogens is 309 g/mol. The summed E-state index contributed by atoms with van der Waals surface area (Å²) in [5.41, 5.74) is 0.638. The molecule has 0 bridgehead atoms. The van der Waals surface area contributed by atoms with Crippen LogP contribution < -0.4 is 5.32 Å². The second-order valence-corrected chi connectivity index (χ2v) is 4.48. The summed E-state index contributed by atoms with van der Waals surface area (Å²) >= 11 is 9.17. The van der Waals surface area contributed by atoms with E-state index in [9.17, 15) is 4.79 Å². The number of hydrogen-bond donors (Lipinski definition) is 1. The molecule has 1 rings (SSSR count). The van der Waals surface area contributed by atoms with Crippen LogP contribution in [0.25, 0.3) is 0 Å². The van der Waals surface area contributed by atoms with E-state index < -0.39 is 0 Å². The van der Waals surface area contributed by atoms with E-state index in [1.54, 1.807) is 25.3 Å². The highest BCUT2D eigenvalue weighted by atomic mass is 79.9. The van der Waals surface area contributed by atoms with E-state index in [-0.39, 0.29) is 12.5 Å². The third kappa shape index (κ3) is 5.50. The van der Waals surface area contributed by atoms with Crippen LogP contribution in [-0.2, 0) is 14.3 Å². The average Bonchev–Trinajstić information content (AvgIpc) is 2.30. The molecular formula is C11H13BrClNO3. The predicted molar refractivity (Wildman–Crippen MR) is 70.5 cm³/mol. The van der Waals surface area contributed by atoms with Crippen molar-refractivity contribution in [2.75, 3.05) is 32.2 Å². The van der Waals surface area contributed by atoms with Crippen molar-refractivity contribution in [2.45, 2.75) is 0 Å². The quantitative estimate of drug-likeness (QED) is 0.819. The molecule has 0 atom stereocenters. The molecule has 1 N–H and O–H groups in total. The number of hydrogen-bond acceptors (Lipinski definition) is 3. The molecule has 94 valence electrons. The Bertz CT molecular complexity index is 387. The van der Waals surface area contributed by atoms with Crippen molar-refractivity contribution >= 4 is 39.1 Å². The smallest absolute Gasteiger partial charge is 0.250 e. The first-order valence-corrected chi connectivity index (χ1v) is 6.12. The first-order valence-electron chi connectivity index (χ1n) is 4.95.